The molecule has 2 nitrogen and oxygen atoms in total. The minimum Gasteiger partial charge on any atom is -0.390 e. The number of benzene rings is 1. The Morgan fingerprint density at radius 3 is 2.73 bits per heavy atom. The Balaban J connectivity index is 2.80. The van der Waals surface area contributed by atoms with Crippen LogP contribution in [0.1, 0.15) is 18.9 Å². The van der Waals surface area contributed by atoms with E-state index in [0.29, 0.717) is 24.4 Å². The lowest BCUT2D eigenvalue weighted by Crippen LogP contribution is -2.30. The Morgan fingerprint density at radius 2 is 2.20 bits per heavy atom. The van der Waals surface area contributed by atoms with Crippen LogP contribution in [0.2, 0.25) is 5.02 Å². The zero-order chi connectivity index (χ0) is 11.5. The van der Waals surface area contributed by atoms with Crippen molar-refractivity contribution in [1.29, 1.82) is 0 Å². The van der Waals surface area contributed by atoms with Crippen LogP contribution >= 0.6 is 27.5 Å². The molecule has 1 rings (SSSR count). The number of hydrogen-bond acceptors (Lipinski definition) is 2. The Hall–Kier alpha value is -0.0900. The van der Waals surface area contributed by atoms with Crippen molar-refractivity contribution < 1.29 is 5.11 Å². The van der Waals surface area contributed by atoms with Gasteiger partial charge in [-0.25, -0.2) is 0 Å². The molecule has 0 aliphatic heterocycles. The van der Waals surface area contributed by atoms with Gasteiger partial charge < -0.3 is 10.8 Å². The van der Waals surface area contributed by atoms with Crippen molar-refractivity contribution in [3.8, 4) is 0 Å². The third kappa shape index (κ3) is 4.11. The molecular formula is C11H15BrClNO. The molecule has 4 heteroatoms. The molecule has 1 atom stereocenters. The van der Waals surface area contributed by atoms with E-state index in [1.807, 2.05) is 18.2 Å². The lowest BCUT2D eigenvalue weighted by Gasteiger charge is -2.23. The molecule has 0 aliphatic carbocycles. The predicted molar refractivity (Wildman–Crippen MR) is 67.2 cm³/mol. The zero-order valence-electron chi connectivity index (χ0n) is 8.63. The first-order chi connectivity index (χ1) is 6.94. The van der Waals surface area contributed by atoms with Gasteiger partial charge >= 0.3 is 0 Å². The maximum Gasteiger partial charge on any atom is 0.0672 e. The molecule has 0 amide bonds. The normalized spacial score (nSPS) is 15.0. The van der Waals surface area contributed by atoms with Crippen molar-refractivity contribution in [3.05, 3.63) is 33.3 Å². The number of rotatable bonds is 4. The summed E-state index contributed by atoms with van der Waals surface area (Å²) >= 11 is 9.40. The van der Waals surface area contributed by atoms with Gasteiger partial charge in [-0.15, -0.1) is 0 Å². The average molecular weight is 293 g/mol. The van der Waals surface area contributed by atoms with Gasteiger partial charge in [0, 0.05) is 15.9 Å². The molecule has 1 aromatic carbocycles. The number of aliphatic hydroxyl groups is 1. The van der Waals surface area contributed by atoms with Crippen LogP contribution in [0.5, 0.6) is 0 Å². The summed E-state index contributed by atoms with van der Waals surface area (Å²) < 4.78 is 0.940. The smallest absolute Gasteiger partial charge is 0.0672 e. The molecular weight excluding hydrogens is 277 g/mol. The van der Waals surface area contributed by atoms with Crippen LogP contribution in [0.4, 0.5) is 0 Å². The summed E-state index contributed by atoms with van der Waals surface area (Å²) in [6.07, 6.45) is 1.09. The van der Waals surface area contributed by atoms with Crippen LogP contribution in [0.25, 0.3) is 0 Å². The SMILES string of the molecule is CC(O)(CCN)Cc1ccc(Br)cc1Cl. The molecule has 0 radical (unpaired) electrons. The number of halogens is 2. The molecule has 0 aromatic heterocycles. The first-order valence-corrected chi connectivity index (χ1v) is 5.98. The monoisotopic (exact) mass is 291 g/mol. The molecule has 0 heterocycles. The van der Waals surface area contributed by atoms with E-state index in [2.05, 4.69) is 15.9 Å². The van der Waals surface area contributed by atoms with Crippen molar-refractivity contribution in [2.45, 2.75) is 25.4 Å². The molecule has 0 saturated heterocycles. The topological polar surface area (TPSA) is 46.2 Å². The maximum atomic E-state index is 10.0. The van der Waals surface area contributed by atoms with Gasteiger partial charge in [0.25, 0.3) is 0 Å². The van der Waals surface area contributed by atoms with E-state index in [9.17, 15) is 5.11 Å². The van der Waals surface area contributed by atoms with E-state index < -0.39 is 5.60 Å². The van der Waals surface area contributed by atoms with Crippen molar-refractivity contribution in [3.63, 3.8) is 0 Å². The highest BCUT2D eigenvalue weighted by Gasteiger charge is 2.21. The van der Waals surface area contributed by atoms with Crippen LogP contribution < -0.4 is 5.73 Å². The van der Waals surface area contributed by atoms with Gasteiger partial charge in [0.05, 0.1) is 5.60 Å². The van der Waals surface area contributed by atoms with Crippen LogP contribution in [-0.2, 0) is 6.42 Å². The second-order valence-corrected chi connectivity index (χ2v) is 5.27. The Labute approximate surface area is 104 Å². The van der Waals surface area contributed by atoms with E-state index in [0.717, 1.165) is 10.0 Å². The largest absolute Gasteiger partial charge is 0.390 e. The highest BCUT2D eigenvalue weighted by atomic mass is 79.9. The van der Waals surface area contributed by atoms with Gasteiger partial charge in [-0.1, -0.05) is 33.6 Å². The van der Waals surface area contributed by atoms with E-state index in [4.69, 9.17) is 17.3 Å². The third-order valence-electron chi connectivity index (χ3n) is 2.27. The van der Waals surface area contributed by atoms with Gasteiger partial charge in [-0.3, -0.25) is 0 Å². The molecule has 0 bridgehead atoms. The highest BCUT2D eigenvalue weighted by molar-refractivity contribution is 9.10. The molecule has 1 aromatic rings. The minimum absolute atomic E-state index is 0.473. The van der Waals surface area contributed by atoms with E-state index in [1.165, 1.54) is 0 Å². The van der Waals surface area contributed by atoms with Gasteiger partial charge in [-0.05, 0) is 37.6 Å². The molecule has 15 heavy (non-hydrogen) atoms. The fourth-order valence-electron chi connectivity index (χ4n) is 1.47. The molecule has 1 unspecified atom stereocenters. The van der Waals surface area contributed by atoms with Gasteiger partial charge in [0.1, 0.15) is 0 Å². The van der Waals surface area contributed by atoms with Gasteiger partial charge in [0.2, 0.25) is 0 Å². The van der Waals surface area contributed by atoms with Crippen molar-refractivity contribution in [2.24, 2.45) is 5.73 Å². The summed E-state index contributed by atoms with van der Waals surface area (Å²) in [5.41, 5.74) is 5.59. The Morgan fingerprint density at radius 1 is 1.53 bits per heavy atom. The standard InChI is InChI=1S/C11H15BrClNO/c1-11(15,4-5-14)7-8-2-3-9(12)6-10(8)13/h2-3,6,15H,4-5,7,14H2,1H3. The lowest BCUT2D eigenvalue weighted by molar-refractivity contribution is 0.0539. The van der Waals surface area contributed by atoms with E-state index in [-0.39, 0.29) is 0 Å². The fraction of sp³-hybridized carbons (Fsp3) is 0.455. The van der Waals surface area contributed by atoms with Gasteiger partial charge in [0.15, 0.2) is 0 Å². The molecule has 0 saturated carbocycles. The maximum absolute atomic E-state index is 10.0. The number of nitrogens with two attached hydrogens (primary N) is 1. The summed E-state index contributed by atoms with van der Waals surface area (Å²) in [5, 5.41) is 10.7. The van der Waals surface area contributed by atoms with Crippen molar-refractivity contribution >= 4 is 27.5 Å². The van der Waals surface area contributed by atoms with E-state index >= 15 is 0 Å². The van der Waals surface area contributed by atoms with Crippen LogP contribution in [0.15, 0.2) is 22.7 Å². The summed E-state index contributed by atoms with van der Waals surface area (Å²) in [5.74, 6) is 0. The zero-order valence-corrected chi connectivity index (χ0v) is 11.0. The van der Waals surface area contributed by atoms with Crippen LogP contribution in [0, 0.1) is 0 Å². The second kappa shape index (κ2) is 5.30. The van der Waals surface area contributed by atoms with Crippen molar-refractivity contribution in [2.75, 3.05) is 6.54 Å². The highest BCUT2D eigenvalue weighted by Crippen LogP contribution is 2.25. The Kier molecular flexibility index (Phi) is 4.59. The van der Waals surface area contributed by atoms with Crippen LogP contribution in [0.3, 0.4) is 0 Å². The van der Waals surface area contributed by atoms with Gasteiger partial charge in [-0.2, -0.15) is 0 Å². The quantitative estimate of drug-likeness (QED) is 0.896. The van der Waals surface area contributed by atoms with E-state index in [1.54, 1.807) is 6.92 Å². The second-order valence-electron chi connectivity index (χ2n) is 3.95. The summed E-state index contributed by atoms with van der Waals surface area (Å²) in [6, 6.07) is 5.66. The summed E-state index contributed by atoms with van der Waals surface area (Å²) in [7, 11) is 0. The predicted octanol–water partition coefficient (Wildman–Crippen LogP) is 2.74. The molecule has 0 spiro atoms. The first-order valence-electron chi connectivity index (χ1n) is 4.81. The summed E-state index contributed by atoms with van der Waals surface area (Å²) in [4.78, 5) is 0. The molecule has 84 valence electrons. The first kappa shape index (κ1) is 13.0. The third-order valence-corrected chi connectivity index (χ3v) is 3.11. The summed E-state index contributed by atoms with van der Waals surface area (Å²) in [6.45, 7) is 2.25. The lowest BCUT2D eigenvalue weighted by atomic mass is 9.93. The Bertz CT molecular complexity index is 341. The fourth-order valence-corrected chi connectivity index (χ4v) is 2.21. The molecule has 3 N–H and O–H groups in total. The minimum atomic E-state index is -0.785. The molecule has 0 fully saturated rings. The van der Waals surface area contributed by atoms with Crippen LogP contribution in [-0.4, -0.2) is 17.3 Å². The molecule has 0 aliphatic rings. The number of hydrogen-bond donors (Lipinski definition) is 2. The van der Waals surface area contributed by atoms with Crippen molar-refractivity contribution in [1.82, 2.24) is 0 Å². The average Bonchev–Trinajstić information content (AvgIpc) is 2.09.